The van der Waals surface area contributed by atoms with Gasteiger partial charge in [0.1, 0.15) is 5.82 Å². The number of pyridine rings is 1. The molecule has 3 N–H and O–H groups in total. The van der Waals surface area contributed by atoms with Gasteiger partial charge in [0, 0.05) is 31.9 Å². The van der Waals surface area contributed by atoms with Crippen LogP contribution in [0.2, 0.25) is 0 Å². The molecule has 1 fully saturated rings. The van der Waals surface area contributed by atoms with Crippen LogP contribution in [-0.2, 0) is 17.6 Å². The third-order valence-electron chi connectivity index (χ3n) is 4.69. The molecule has 3 heterocycles. The van der Waals surface area contributed by atoms with Gasteiger partial charge in [-0.05, 0) is 43.7 Å². The zero-order chi connectivity index (χ0) is 16.9. The van der Waals surface area contributed by atoms with Crippen LogP contribution in [0, 0.1) is 5.92 Å². The van der Waals surface area contributed by atoms with E-state index in [4.69, 9.17) is 5.11 Å². The van der Waals surface area contributed by atoms with Crippen LogP contribution in [0.15, 0.2) is 12.1 Å². The molecule has 2 amide bonds. The molecule has 24 heavy (non-hydrogen) atoms. The Bertz CT molecular complexity index is 620. The maximum absolute atomic E-state index is 12.1. The second-order valence-electron chi connectivity index (χ2n) is 6.45. The SMILES string of the molecule is O=C(NCCCc1ccc2c(n1)NCCC2)C1CCN(C(=O)O)C1. The van der Waals surface area contributed by atoms with E-state index in [2.05, 4.69) is 27.8 Å². The number of carboxylic acid groups (broad SMARTS) is 1. The Labute approximate surface area is 141 Å². The molecule has 3 rings (SSSR count). The number of aromatic nitrogens is 1. The largest absolute Gasteiger partial charge is 0.465 e. The number of carbonyl (C=O) groups excluding carboxylic acids is 1. The van der Waals surface area contributed by atoms with Crippen LogP contribution in [0.4, 0.5) is 10.6 Å². The van der Waals surface area contributed by atoms with Crippen LogP contribution in [-0.4, -0.2) is 53.2 Å². The third-order valence-corrected chi connectivity index (χ3v) is 4.69. The molecule has 1 atom stereocenters. The monoisotopic (exact) mass is 332 g/mol. The van der Waals surface area contributed by atoms with E-state index in [0.717, 1.165) is 43.7 Å². The van der Waals surface area contributed by atoms with Gasteiger partial charge in [-0.2, -0.15) is 0 Å². The van der Waals surface area contributed by atoms with Gasteiger partial charge >= 0.3 is 6.09 Å². The molecule has 7 nitrogen and oxygen atoms in total. The normalized spacial score (nSPS) is 19.5. The molecule has 1 unspecified atom stereocenters. The number of rotatable bonds is 5. The summed E-state index contributed by atoms with van der Waals surface area (Å²) in [4.78, 5) is 28.9. The smallest absolute Gasteiger partial charge is 0.407 e. The zero-order valence-corrected chi connectivity index (χ0v) is 13.8. The summed E-state index contributed by atoms with van der Waals surface area (Å²) in [5, 5.41) is 15.2. The molecule has 1 aromatic rings. The van der Waals surface area contributed by atoms with Crippen molar-refractivity contribution in [3.63, 3.8) is 0 Å². The van der Waals surface area contributed by atoms with E-state index < -0.39 is 6.09 Å². The first-order chi connectivity index (χ1) is 11.6. The molecule has 7 heteroatoms. The van der Waals surface area contributed by atoms with E-state index in [1.165, 1.54) is 10.5 Å². The van der Waals surface area contributed by atoms with Crippen LogP contribution in [0.25, 0.3) is 0 Å². The number of likely N-dealkylation sites (tertiary alicyclic amines) is 1. The summed E-state index contributed by atoms with van der Waals surface area (Å²) in [6.45, 7) is 2.32. The van der Waals surface area contributed by atoms with Gasteiger partial charge in [0.15, 0.2) is 0 Å². The lowest BCUT2D eigenvalue weighted by Gasteiger charge is -2.17. The highest BCUT2D eigenvalue weighted by molar-refractivity contribution is 5.80. The fraction of sp³-hybridized carbons (Fsp3) is 0.588. The van der Waals surface area contributed by atoms with Crippen molar-refractivity contribution in [1.82, 2.24) is 15.2 Å². The number of nitrogens with one attached hydrogen (secondary N) is 2. The number of amides is 2. The van der Waals surface area contributed by atoms with Gasteiger partial charge in [0.25, 0.3) is 0 Å². The van der Waals surface area contributed by atoms with Gasteiger partial charge < -0.3 is 20.6 Å². The van der Waals surface area contributed by atoms with E-state index in [1.54, 1.807) is 0 Å². The Balaban J connectivity index is 1.39. The van der Waals surface area contributed by atoms with Gasteiger partial charge in [-0.25, -0.2) is 9.78 Å². The lowest BCUT2D eigenvalue weighted by atomic mass is 10.1. The number of hydrogen-bond donors (Lipinski definition) is 3. The van der Waals surface area contributed by atoms with Crippen molar-refractivity contribution in [1.29, 1.82) is 0 Å². The highest BCUT2D eigenvalue weighted by atomic mass is 16.4. The standard InChI is InChI=1S/C17H24N4O3/c22-16(13-7-10-21(11-13)17(23)24)19-9-2-4-14-6-5-12-3-1-8-18-15(12)20-14/h5-6,13H,1-4,7-11H2,(H,18,20)(H,19,22)(H,23,24). The first kappa shape index (κ1) is 16.5. The Kier molecular flexibility index (Phi) is 5.17. The van der Waals surface area contributed by atoms with E-state index in [0.29, 0.717) is 26.1 Å². The molecular weight excluding hydrogens is 308 g/mol. The van der Waals surface area contributed by atoms with E-state index in [-0.39, 0.29) is 11.8 Å². The molecule has 2 aliphatic heterocycles. The minimum atomic E-state index is -0.947. The van der Waals surface area contributed by atoms with Crippen molar-refractivity contribution in [3.05, 3.63) is 23.4 Å². The van der Waals surface area contributed by atoms with Gasteiger partial charge in [0.05, 0.1) is 5.92 Å². The van der Waals surface area contributed by atoms with E-state index >= 15 is 0 Å². The second kappa shape index (κ2) is 7.51. The summed E-state index contributed by atoms with van der Waals surface area (Å²) in [5.41, 5.74) is 2.32. The number of nitrogens with zero attached hydrogens (tertiary/aromatic N) is 2. The molecule has 1 aromatic heterocycles. The first-order valence-electron chi connectivity index (χ1n) is 8.62. The highest BCUT2D eigenvalue weighted by Crippen LogP contribution is 2.20. The molecule has 0 radical (unpaired) electrons. The Morgan fingerprint density at radius 3 is 3.08 bits per heavy atom. The minimum Gasteiger partial charge on any atom is -0.465 e. The maximum Gasteiger partial charge on any atom is 0.407 e. The predicted molar refractivity (Wildman–Crippen MR) is 90.1 cm³/mol. The molecule has 0 aromatic carbocycles. The third kappa shape index (κ3) is 3.96. The van der Waals surface area contributed by atoms with Crippen LogP contribution in [0.5, 0.6) is 0 Å². The fourth-order valence-corrected chi connectivity index (χ4v) is 3.28. The van der Waals surface area contributed by atoms with Gasteiger partial charge in [0.2, 0.25) is 5.91 Å². The lowest BCUT2D eigenvalue weighted by Crippen LogP contribution is -2.34. The average molecular weight is 332 g/mol. The van der Waals surface area contributed by atoms with Crippen molar-refractivity contribution < 1.29 is 14.7 Å². The average Bonchev–Trinajstić information content (AvgIpc) is 3.09. The van der Waals surface area contributed by atoms with Gasteiger partial charge in [-0.1, -0.05) is 6.07 Å². The van der Waals surface area contributed by atoms with Crippen molar-refractivity contribution in [2.45, 2.75) is 32.1 Å². The van der Waals surface area contributed by atoms with Crippen molar-refractivity contribution in [2.24, 2.45) is 5.92 Å². The minimum absolute atomic E-state index is 0.0428. The number of anilines is 1. The number of hydrogen-bond acceptors (Lipinski definition) is 4. The summed E-state index contributed by atoms with van der Waals surface area (Å²) >= 11 is 0. The maximum atomic E-state index is 12.1. The Hall–Kier alpha value is -2.31. The second-order valence-corrected chi connectivity index (χ2v) is 6.45. The van der Waals surface area contributed by atoms with Gasteiger partial charge in [-0.15, -0.1) is 0 Å². The summed E-state index contributed by atoms with van der Waals surface area (Å²) in [5.74, 6) is 0.744. The fourth-order valence-electron chi connectivity index (χ4n) is 3.28. The summed E-state index contributed by atoms with van der Waals surface area (Å²) in [7, 11) is 0. The molecule has 2 aliphatic rings. The number of fused-ring (bicyclic) bond motifs is 1. The molecule has 130 valence electrons. The van der Waals surface area contributed by atoms with E-state index in [9.17, 15) is 9.59 Å². The van der Waals surface area contributed by atoms with Crippen LogP contribution >= 0.6 is 0 Å². The summed E-state index contributed by atoms with van der Waals surface area (Å²) in [6, 6.07) is 4.21. The predicted octanol–water partition coefficient (Wildman–Crippen LogP) is 1.49. The van der Waals surface area contributed by atoms with Crippen LogP contribution < -0.4 is 10.6 Å². The number of aryl methyl sites for hydroxylation is 2. The van der Waals surface area contributed by atoms with Crippen molar-refractivity contribution >= 4 is 17.8 Å². The topological polar surface area (TPSA) is 94.6 Å². The first-order valence-corrected chi connectivity index (χ1v) is 8.62. The molecule has 0 aliphatic carbocycles. The highest BCUT2D eigenvalue weighted by Gasteiger charge is 2.30. The molecule has 0 saturated carbocycles. The Morgan fingerprint density at radius 1 is 1.42 bits per heavy atom. The molecule has 0 bridgehead atoms. The number of carbonyl (C=O) groups is 2. The van der Waals surface area contributed by atoms with Gasteiger partial charge in [-0.3, -0.25) is 4.79 Å². The quantitative estimate of drug-likeness (QED) is 0.710. The van der Waals surface area contributed by atoms with E-state index in [1.807, 2.05) is 0 Å². The van der Waals surface area contributed by atoms with Crippen LogP contribution in [0.1, 0.15) is 30.5 Å². The van der Waals surface area contributed by atoms with Crippen LogP contribution in [0.3, 0.4) is 0 Å². The molecular formula is C17H24N4O3. The zero-order valence-electron chi connectivity index (χ0n) is 13.8. The van der Waals surface area contributed by atoms with Crippen molar-refractivity contribution in [2.75, 3.05) is 31.5 Å². The van der Waals surface area contributed by atoms with Crippen molar-refractivity contribution in [3.8, 4) is 0 Å². The molecule has 0 spiro atoms. The Morgan fingerprint density at radius 2 is 2.29 bits per heavy atom. The summed E-state index contributed by atoms with van der Waals surface area (Å²) in [6.07, 6.45) is 3.54. The lowest BCUT2D eigenvalue weighted by molar-refractivity contribution is -0.124. The molecule has 1 saturated heterocycles. The summed E-state index contributed by atoms with van der Waals surface area (Å²) < 4.78 is 0.